The molecule has 68 valence electrons. The predicted octanol–water partition coefficient (Wildman–Crippen LogP) is -0.242. The molecule has 0 aromatic rings. The first kappa shape index (κ1) is 11.2. The lowest BCUT2D eigenvalue weighted by Crippen LogP contribution is -2.24. The lowest BCUT2D eigenvalue weighted by molar-refractivity contribution is 0.0793. The van der Waals surface area contributed by atoms with Crippen molar-refractivity contribution in [1.82, 2.24) is 4.47 Å². The normalized spacial score (nSPS) is 16.7. The highest BCUT2D eigenvalue weighted by Crippen LogP contribution is 1.96. The highest BCUT2D eigenvalue weighted by Gasteiger charge is 2.10. The average Bonchev–Trinajstić information content (AvgIpc) is 2.02. The van der Waals surface area contributed by atoms with Gasteiger partial charge in [-0.1, -0.05) is 11.4 Å². The predicted molar refractivity (Wildman–Crippen MR) is 42.7 cm³/mol. The number of nitrogens with zero attached hydrogens (tertiary/aromatic N) is 1. The summed E-state index contributed by atoms with van der Waals surface area (Å²) in [6, 6.07) is 0. The van der Waals surface area contributed by atoms with Gasteiger partial charge in [-0.05, 0) is 0 Å². The summed E-state index contributed by atoms with van der Waals surface area (Å²) in [6.07, 6.45) is 0. The lowest BCUT2D eigenvalue weighted by atomic mass is 11.0. The molecule has 0 aromatic heterocycles. The molecule has 0 rings (SSSR count). The molecule has 0 N–H and O–H groups in total. The molecule has 0 saturated carbocycles. The van der Waals surface area contributed by atoms with Crippen molar-refractivity contribution < 1.29 is 16.9 Å². The maximum atomic E-state index is 10.7. The maximum absolute atomic E-state index is 10.7. The molecule has 0 radical (unpaired) electrons. The molecule has 0 spiro atoms. The third-order valence-electron chi connectivity index (χ3n) is 0.776. The number of hydroxylamine groups is 1. The Morgan fingerprint density at radius 1 is 1.45 bits per heavy atom. The van der Waals surface area contributed by atoms with E-state index in [2.05, 4.69) is 8.47 Å². The second-order valence-electron chi connectivity index (χ2n) is 1.49. The van der Waals surface area contributed by atoms with Crippen molar-refractivity contribution in [3.05, 3.63) is 0 Å². The molecule has 0 amide bonds. The summed E-state index contributed by atoms with van der Waals surface area (Å²) in [4.78, 5) is 0. The molecule has 0 aliphatic carbocycles. The van der Waals surface area contributed by atoms with Gasteiger partial charge in [-0.3, -0.25) is 4.18 Å². The number of hydrogen-bond acceptors (Lipinski definition) is 4. The van der Waals surface area contributed by atoms with Gasteiger partial charge in [0.1, 0.15) is 0 Å². The molecule has 7 heteroatoms. The van der Waals surface area contributed by atoms with Crippen molar-refractivity contribution in [2.75, 3.05) is 19.9 Å². The fraction of sp³-hybridized carbons (Fsp3) is 1.00. The van der Waals surface area contributed by atoms with Crippen LogP contribution in [0.2, 0.25) is 0 Å². The topological polar surface area (TPSA) is 55.8 Å². The van der Waals surface area contributed by atoms with Gasteiger partial charge in [-0.25, -0.2) is 8.42 Å². The summed E-state index contributed by atoms with van der Waals surface area (Å²) >= 11 is -3.10. The smallest absolute Gasteiger partial charge is 0.262 e. The van der Waals surface area contributed by atoms with E-state index in [0.717, 1.165) is 4.47 Å². The third kappa shape index (κ3) is 4.59. The Kier molecular flexibility index (Phi) is 5.88. The van der Waals surface area contributed by atoms with Crippen LogP contribution in [0, 0.1) is 0 Å². The molecule has 2 atom stereocenters. The van der Waals surface area contributed by atoms with Crippen LogP contribution < -0.4 is 0 Å². The second kappa shape index (κ2) is 5.78. The highest BCUT2D eigenvalue weighted by atomic mass is 32.2. The van der Waals surface area contributed by atoms with Crippen LogP contribution in [0.25, 0.3) is 0 Å². The first-order chi connectivity index (χ1) is 5.11. The van der Waals surface area contributed by atoms with Crippen molar-refractivity contribution in [3.63, 3.8) is 0 Å². The Balaban J connectivity index is 3.77. The largest absolute Gasteiger partial charge is 0.280 e. The summed E-state index contributed by atoms with van der Waals surface area (Å²) in [5.74, 6) is 0.352. The molecule has 0 fully saturated rings. The average molecular weight is 201 g/mol. The molecule has 0 saturated heterocycles. The van der Waals surface area contributed by atoms with Crippen LogP contribution in [0.5, 0.6) is 0 Å². The highest BCUT2D eigenvalue weighted by molar-refractivity contribution is 7.81. The minimum Gasteiger partial charge on any atom is -0.280 e. The van der Waals surface area contributed by atoms with Crippen molar-refractivity contribution in [3.8, 4) is 0 Å². The van der Waals surface area contributed by atoms with Crippen LogP contribution in [0.15, 0.2) is 0 Å². The molecule has 5 nitrogen and oxygen atoms in total. The van der Waals surface area contributed by atoms with Gasteiger partial charge < -0.3 is 0 Å². The molecule has 0 aliphatic rings. The van der Waals surface area contributed by atoms with Gasteiger partial charge in [0.05, 0.1) is 7.11 Å². The Morgan fingerprint density at radius 2 is 2.00 bits per heavy atom. The van der Waals surface area contributed by atoms with E-state index in [9.17, 15) is 8.42 Å². The van der Waals surface area contributed by atoms with E-state index >= 15 is 0 Å². The molecule has 0 bridgehead atoms. The molecule has 0 aliphatic heterocycles. The summed E-state index contributed by atoms with van der Waals surface area (Å²) in [7, 11) is 2.65. The van der Waals surface area contributed by atoms with E-state index in [1.807, 2.05) is 0 Å². The lowest BCUT2D eigenvalue weighted by Gasteiger charge is -2.10. The van der Waals surface area contributed by atoms with Crippen molar-refractivity contribution >= 4 is 22.3 Å². The van der Waals surface area contributed by atoms with E-state index in [0.29, 0.717) is 5.75 Å². The summed E-state index contributed by atoms with van der Waals surface area (Å²) in [5.41, 5.74) is 0. The Labute approximate surface area is 71.1 Å². The summed E-state index contributed by atoms with van der Waals surface area (Å²) in [5, 5.41) is 0. The zero-order chi connectivity index (χ0) is 8.85. The SMILES string of the molecule is CCS(=O)ON(C)S(=O)OC. The molecule has 0 heterocycles. The summed E-state index contributed by atoms with van der Waals surface area (Å²) in [6.45, 7) is 1.69. The van der Waals surface area contributed by atoms with Gasteiger partial charge in [0.2, 0.25) is 0 Å². The quantitative estimate of drug-likeness (QED) is 0.576. The maximum Gasteiger partial charge on any atom is 0.262 e. The van der Waals surface area contributed by atoms with E-state index in [1.54, 1.807) is 6.92 Å². The van der Waals surface area contributed by atoms with Crippen LogP contribution >= 0.6 is 0 Å². The minimum atomic E-state index is -1.68. The Morgan fingerprint density at radius 3 is 2.36 bits per heavy atom. The van der Waals surface area contributed by atoms with Crippen LogP contribution in [0.4, 0.5) is 0 Å². The standard InChI is InChI=1S/C4H11NO4S2/c1-4-10(6)9-5(2)11(7)8-3/h4H2,1-3H3. The van der Waals surface area contributed by atoms with Crippen molar-refractivity contribution in [1.29, 1.82) is 0 Å². The summed E-state index contributed by atoms with van der Waals surface area (Å²) < 4.78 is 31.3. The van der Waals surface area contributed by atoms with Gasteiger partial charge in [0.15, 0.2) is 11.1 Å². The minimum absolute atomic E-state index is 0.352. The van der Waals surface area contributed by atoms with Crippen molar-refractivity contribution in [2.24, 2.45) is 0 Å². The van der Waals surface area contributed by atoms with E-state index in [4.69, 9.17) is 0 Å². The van der Waals surface area contributed by atoms with Crippen molar-refractivity contribution in [2.45, 2.75) is 6.92 Å². The first-order valence-corrected chi connectivity index (χ1v) is 5.16. The molecule has 0 aromatic carbocycles. The molecular formula is C4H11NO4S2. The van der Waals surface area contributed by atoms with E-state index < -0.39 is 22.3 Å². The molecule has 11 heavy (non-hydrogen) atoms. The van der Waals surface area contributed by atoms with E-state index in [-0.39, 0.29) is 0 Å². The van der Waals surface area contributed by atoms with Crippen LogP contribution in [0.1, 0.15) is 6.92 Å². The Bertz CT molecular complexity index is 162. The van der Waals surface area contributed by atoms with Gasteiger partial charge in [0.25, 0.3) is 11.3 Å². The Hall–Kier alpha value is 0.180. The fourth-order valence-electron chi connectivity index (χ4n) is 0.300. The number of hydrogen-bond donors (Lipinski definition) is 0. The van der Waals surface area contributed by atoms with Gasteiger partial charge in [-0.15, -0.1) is 0 Å². The number of rotatable bonds is 5. The third-order valence-corrected chi connectivity index (χ3v) is 2.51. The van der Waals surface area contributed by atoms with E-state index in [1.165, 1.54) is 14.2 Å². The zero-order valence-corrected chi connectivity index (χ0v) is 8.24. The second-order valence-corrected chi connectivity index (χ2v) is 4.11. The van der Waals surface area contributed by atoms with Gasteiger partial charge in [-0.2, -0.15) is 4.28 Å². The van der Waals surface area contributed by atoms with Crippen LogP contribution in [0.3, 0.4) is 0 Å². The fourth-order valence-corrected chi connectivity index (χ4v) is 1.25. The molecular weight excluding hydrogens is 190 g/mol. The first-order valence-electron chi connectivity index (χ1n) is 2.88. The zero-order valence-electron chi connectivity index (χ0n) is 6.60. The van der Waals surface area contributed by atoms with Crippen LogP contribution in [-0.2, 0) is 30.8 Å². The van der Waals surface area contributed by atoms with Crippen LogP contribution in [-0.4, -0.2) is 32.8 Å². The monoisotopic (exact) mass is 201 g/mol. The van der Waals surface area contributed by atoms with Gasteiger partial charge >= 0.3 is 0 Å². The van der Waals surface area contributed by atoms with Gasteiger partial charge in [0, 0.05) is 12.8 Å². The molecule has 2 unspecified atom stereocenters.